The van der Waals surface area contributed by atoms with Crippen LogP contribution in [0.1, 0.15) is 80.3 Å². The Balaban J connectivity index is 1.14. The highest BCUT2D eigenvalue weighted by molar-refractivity contribution is 6.10. The predicted octanol–water partition coefficient (Wildman–Crippen LogP) is 7.84. The van der Waals surface area contributed by atoms with Crippen molar-refractivity contribution < 1.29 is 43.1 Å². The van der Waals surface area contributed by atoms with Gasteiger partial charge < -0.3 is 29.5 Å². The van der Waals surface area contributed by atoms with Crippen LogP contribution in [0.15, 0.2) is 90.5 Å². The van der Waals surface area contributed by atoms with Crippen molar-refractivity contribution in [2.24, 2.45) is 33.5 Å². The van der Waals surface area contributed by atoms with Crippen LogP contribution in [0.3, 0.4) is 0 Å². The Kier molecular flexibility index (Phi) is 10.8. The van der Waals surface area contributed by atoms with Gasteiger partial charge in [-0.3, -0.25) is 9.69 Å². The van der Waals surface area contributed by atoms with E-state index in [9.17, 15) is 28.9 Å². The number of carbonyl (C=O) groups excluding carboxylic acids is 1. The van der Waals surface area contributed by atoms with E-state index in [0.29, 0.717) is 55.9 Å². The molecule has 9 atom stereocenters. The number of hydrogen-bond acceptors (Lipinski definition) is 8. The number of carbonyl (C=O) groups is 1. The molecule has 3 aromatic carbocycles. The average Bonchev–Trinajstić information content (AvgIpc) is 3.48. The number of allylic oxidation sites excluding steroid dienone is 4. The van der Waals surface area contributed by atoms with E-state index in [-0.39, 0.29) is 48.3 Å². The number of fused-ring (bicyclic) bond motifs is 1. The van der Waals surface area contributed by atoms with Gasteiger partial charge in [0.1, 0.15) is 11.5 Å². The summed E-state index contributed by atoms with van der Waals surface area (Å²) in [7, 11) is 3.21. The maximum atomic E-state index is 14.8. The van der Waals surface area contributed by atoms with Gasteiger partial charge in [0, 0.05) is 58.6 Å². The summed E-state index contributed by atoms with van der Waals surface area (Å²) in [6.07, 6.45) is 9.70. The molecule has 2 spiro atoms. The van der Waals surface area contributed by atoms with Crippen LogP contribution >= 0.6 is 0 Å². The molecule has 6 aliphatic carbocycles. The van der Waals surface area contributed by atoms with E-state index >= 15 is 0 Å². The summed E-state index contributed by atoms with van der Waals surface area (Å²) in [5.74, 6) is -1.24. The number of hydrogen-bond donors (Lipinski definition) is 3. The van der Waals surface area contributed by atoms with E-state index in [1.54, 1.807) is 14.2 Å². The van der Waals surface area contributed by atoms with Crippen molar-refractivity contribution in [1.29, 1.82) is 0 Å². The zero-order valence-corrected chi connectivity index (χ0v) is 34.1. The molecule has 3 aromatic rings. The van der Waals surface area contributed by atoms with Crippen LogP contribution in [-0.4, -0.2) is 77.7 Å². The van der Waals surface area contributed by atoms with Crippen molar-refractivity contribution in [3.05, 3.63) is 119 Å². The highest BCUT2D eigenvalue weighted by Gasteiger charge is 2.74. The predicted molar refractivity (Wildman–Crippen MR) is 216 cm³/mol. The Morgan fingerprint density at radius 1 is 0.897 bits per heavy atom. The lowest BCUT2D eigenvalue weighted by Crippen LogP contribution is -2.67. The van der Waals surface area contributed by atoms with Crippen LogP contribution < -0.4 is 9.47 Å². The molecule has 0 aromatic heterocycles. The van der Waals surface area contributed by atoms with Crippen LogP contribution in [0.25, 0.3) is 0 Å². The standard InChI is InChI=1S/C48H57F2NO7/c1-44-17-14-34(52)24-46(44)20-21-48(37(25-46)43(54)32-11-13-38(49)39(50)22-32)41(44)15-18-45(2)42(48)16-19-47(45,55)30-51(26-33-10-12-36(56-3)23-40(33)57-4)27-35(53)29-58-28-31-8-6-5-7-9-31/h5-13,20-23,25,34-35,41-42,52-53,55H,14-19,24,26-30H2,1-4H3. The molecule has 6 aliphatic rings. The van der Waals surface area contributed by atoms with Crippen molar-refractivity contribution in [3.63, 3.8) is 0 Å². The average molecular weight is 798 g/mol. The second-order valence-electron chi connectivity index (χ2n) is 18.3. The first-order valence-electron chi connectivity index (χ1n) is 20.8. The molecule has 8 nitrogen and oxygen atoms in total. The quantitative estimate of drug-likeness (QED) is 0.112. The summed E-state index contributed by atoms with van der Waals surface area (Å²) in [6.45, 7) is 5.80. The topological polar surface area (TPSA) is 109 Å². The number of rotatable bonds is 14. The summed E-state index contributed by atoms with van der Waals surface area (Å²) in [5.41, 5.74) is -0.914. The van der Waals surface area contributed by atoms with Crippen LogP contribution in [0.5, 0.6) is 11.5 Å². The lowest BCUT2D eigenvalue weighted by Gasteiger charge is -2.71. The van der Waals surface area contributed by atoms with Gasteiger partial charge in [-0.2, -0.15) is 0 Å². The van der Waals surface area contributed by atoms with E-state index in [1.807, 2.05) is 48.5 Å². The van der Waals surface area contributed by atoms with Gasteiger partial charge in [0.05, 0.1) is 45.2 Å². The zero-order chi connectivity index (χ0) is 41.1. The molecule has 2 bridgehead atoms. The van der Waals surface area contributed by atoms with Gasteiger partial charge in [-0.15, -0.1) is 0 Å². The molecule has 0 saturated heterocycles. The first-order chi connectivity index (χ1) is 27.7. The van der Waals surface area contributed by atoms with E-state index < -0.39 is 45.7 Å². The number of Topliss-reactive ketones (excluding diaryl/α,β-unsaturated/α-hetero) is 1. The van der Waals surface area contributed by atoms with Crippen LogP contribution in [0, 0.1) is 45.1 Å². The molecule has 58 heavy (non-hydrogen) atoms. The summed E-state index contributed by atoms with van der Waals surface area (Å²) in [4.78, 5) is 16.9. The number of ketones is 1. The second-order valence-corrected chi connectivity index (χ2v) is 18.3. The van der Waals surface area contributed by atoms with E-state index in [4.69, 9.17) is 14.2 Å². The van der Waals surface area contributed by atoms with Crippen LogP contribution in [-0.2, 0) is 17.9 Å². The Morgan fingerprint density at radius 3 is 2.38 bits per heavy atom. The van der Waals surface area contributed by atoms with Crippen LogP contribution in [0.4, 0.5) is 8.78 Å². The lowest BCUT2D eigenvalue weighted by molar-refractivity contribution is -0.177. The summed E-state index contributed by atoms with van der Waals surface area (Å²) >= 11 is 0. The molecule has 9 unspecified atom stereocenters. The molecule has 3 saturated carbocycles. The minimum atomic E-state index is -1.22. The largest absolute Gasteiger partial charge is 0.497 e. The van der Waals surface area contributed by atoms with Gasteiger partial charge in [-0.25, -0.2) is 8.78 Å². The molecule has 0 amide bonds. The molecule has 310 valence electrons. The van der Waals surface area contributed by atoms with Gasteiger partial charge in [0.25, 0.3) is 0 Å². The number of methoxy groups -OCH3 is 2. The number of ether oxygens (including phenoxy) is 3. The van der Waals surface area contributed by atoms with Gasteiger partial charge in [-0.1, -0.05) is 68.5 Å². The molecule has 10 heteroatoms. The monoisotopic (exact) mass is 797 g/mol. The summed E-state index contributed by atoms with van der Waals surface area (Å²) < 4.78 is 46.1. The van der Waals surface area contributed by atoms with Crippen molar-refractivity contribution in [1.82, 2.24) is 4.90 Å². The minimum absolute atomic E-state index is 0.0374. The van der Waals surface area contributed by atoms with Gasteiger partial charge in [0.2, 0.25) is 0 Å². The minimum Gasteiger partial charge on any atom is -0.497 e. The first kappa shape index (κ1) is 40.8. The maximum absolute atomic E-state index is 14.8. The number of aliphatic hydroxyl groups excluding tert-OH is 2. The molecular weight excluding hydrogens is 741 g/mol. The molecule has 0 radical (unpaired) electrons. The third kappa shape index (κ3) is 6.54. The van der Waals surface area contributed by atoms with E-state index in [1.165, 1.54) is 6.07 Å². The fourth-order valence-corrected chi connectivity index (χ4v) is 12.4. The fraction of sp³-hybridized carbons (Fsp3) is 0.521. The SMILES string of the molecule is COc1ccc(CN(CC(O)COCc2ccccc2)CC2(O)CCC3C45C=CC6(C=C4C(=O)c4ccc(F)c(F)c4)CC(O)CCC6(C)C5CCC32C)c(OC)c1. The molecule has 0 heterocycles. The van der Waals surface area contributed by atoms with Crippen molar-refractivity contribution in [2.45, 2.75) is 89.8 Å². The normalized spacial score (nSPS) is 33.9. The Hall–Kier alpha value is -3.93. The van der Waals surface area contributed by atoms with Crippen molar-refractivity contribution in [3.8, 4) is 11.5 Å². The number of aliphatic hydroxyl groups is 3. The second kappa shape index (κ2) is 15.3. The van der Waals surface area contributed by atoms with Gasteiger partial charge in [0.15, 0.2) is 17.4 Å². The Bertz CT molecular complexity index is 2090. The third-order valence-electron chi connectivity index (χ3n) is 15.4. The van der Waals surface area contributed by atoms with Gasteiger partial charge >= 0.3 is 0 Å². The van der Waals surface area contributed by atoms with E-state index in [0.717, 1.165) is 42.5 Å². The van der Waals surface area contributed by atoms with Gasteiger partial charge in [-0.05, 0) is 92.0 Å². The highest BCUT2D eigenvalue weighted by Crippen LogP contribution is 2.78. The maximum Gasteiger partial charge on any atom is 0.189 e. The highest BCUT2D eigenvalue weighted by atomic mass is 19.2. The Labute approximate surface area is 340 Å². The molecule has 0 aliphatic heterocycles. The fourth-order valence-electron chi connectivity index (χ4n) is 12.4. The van der Waals surface area contributed by atoms with Crippen LogP contribution in [0.2, 0.25) is 0 Å². The van der Waals surface area contributed by atoms with E-state index in [2.05, 4.69) is 37.0 Å². The lowest BCUT2D eigenvalue weighted by atomic mass is 9.32. The molecule has 3 N–H and O–H groups in total. The number of halogens is 2. The summed E-state index contributed by atoms with van der Waals surface area (Å²) in [6, 6.07) is 18.8. The summed E-state index contributed by atoms with van der Waals surface area (Å²) in [5, 5.41) is 35.7. The Morgan fingerprint density at radius 2 is 1.64 bits per heavy atom. The number of benzene rings is 3. The number of nitrogens with zero attached hydrogens (tertiary/aromatic N) is 1. The molecular formula is C48H57F2NO7. The molecule has 3 fully saturated rings. The first-order valence-corrected chi connectivity index (χ1v) is 20.8. The van der Waals surface area contributed by atoms with Crippen molar-refractivity contribution in [2.75, 3.05) is 33.9 Å². The smallest absolute Gasteiger partial charge is 0.189 e. The third-order valence-corrected chi connectivity index (χ3v) is 15.4. The van der Waals surface area contributed by atoms with Crippen molar-refractivity contribution >= 4 is 5.78 Å². The molecule has 9 rings (SSSR count). The zero-order valence-electron chi connectivity index (χ0n) is 34.1.